The fraction of sp³-hybridized carbons (Fsp3) is 0.0667. The van der Waals surface area contributed by atoms with Crippen LogP contribution in [0.25, 0.3) is 10.9 Å². The average Bonchev–Trinajstić information content (AvgIpc) is 2.93. The van der Waals surface area contributed by atoms with Gasteiger partial charge in [-0.3, -0.25) is 0 Å². The second-order valence-electron chi connectivity index (χ2n) is 4.84. The Labute approximate surface area is 130 Å². The van der Waals surface area contributed by atoms with Crippen LogP contribution in [0.1, 0.15) is 0 Å². The van der Waals surface area contributed by atoms with Gasteiger partial charge in [0.25, 0.3) is 10.0 Å². The van der Waals surface area contributed by atoms with E-state index in [-0.39, 0.29) is 21.8 Å². The van der Waals surface area contributed by atoms with E-state index in [1.54, 1.807) is 0 Å². The molecule has 0 amide bonds. The van der Waals surface area contributed by atoms with Gasteiger partial charge in [-0.15, -0.1) is 0 Å². The summed E-state index contributed by atoms with van der Waals surface area (Å²) in [4.78, 5) is -0.277. The summed E-state index contributed by atoms with van der Waals surface area (Å²) in [6.45, 7) is 0. The van der Waals surface area contributed by atoms with Crippen LogP contribution in [0.4, 0.5) is 14.5 Å². The fourth-order valence-electron chi connectivity index (χ4n) is 2.32. The Bertz CT molecular complexity index is 1010. The zero-order chi connectivity index (χ0) is 16.8. The molecule has 0 radical (unpaired) electrons. The normalized spacial score (nSPS) is 11.8. The lowest BCUT2D eigenvalue weighted by Crippen LogP contribution is -2.14. The van der Waals surface area contributed by atoms with Gasteiger partial charge in [0.2, 0.25) is 0 Å². The molecule has 0 bridgehead atoms. The number of ether oxygens (including phenoxy) is 1. The van der Waals surface area contributed by atoms with E-state index in [0.717, 1.165) is 22.2 Å². The van der Waals surface area contributed by atoms with Crippen LogP contribution in [0.2, 0.25) is 0 Å². The molecule has 3 rings (SSSR count). The van der Waals surface area contributed by atoms with Gasteiger partial charge in [0.05, 0.1) is 18.3 Å². The molecule has 5 nitrogen and oxygen atoms in total. The first-order valence-electron chi connectivity index (χ1n) is 6.50. The molecule has 0 fully saturated rings. The highest BCUT2D eigenvalue weighted by Crippen LogP contribution is 2.32. The number of rotatable bonds is 3. The molecule has 8 heteroatoms. The zero-order valence-corrected chi connectivity index (χ0v) is 12.8. The predicted molar refractivity (Wildman–Crippen MR) is 81.8 cm³/mol. The quantitative estimate of drug-likeness (QED) is 0.745. The molecule has 0 aliphatic rings. The fourth-order valence-corrected chi connectivity index (χ4v) is 3.85. The van der Waals surface area contributed by atoms with Crippen LogP contribution in [0.15, 0.2) is 47.5 Å². The molecule has 0 saturated heterocycles. The first-order valence-corrected chi connectivity index (χ1v) is 7.94. The highest BCUT2D eigenvalue weighted by molar-refractivity contribution is 7.90. The molecule has 1 heterocycles. The van der Waals surface area contributed by atoms with E-state index in [1.165, 1.54) is 31.5 Å². The lowest BCUT2D eigenvalue weighted by atomic mass is 10.2. The summed E-state index contributed by atoms with van der Waals surface area (Å²) < 4.78 is 58.4. The lowest BCUT2D eigenvalue weighted by molar-refractivity contribution is 0.399. The Morgan fingerprint density at radius 2 is 1.87 bits per heavy atom. The maximum absolute atomic E-state index is 13.5. The number of hydrogen-bond donors (Lipinski definition) is 1. The van der Waals surface area contributed by atoms with Crippen LogP contribution in [-0.4, -0.2) is 19.5 Å². The molecule has 0 atom stereocenters. The molecule has 3 aromatic rings. The standard InChI is InChI=1S/C15H12F2N2O3S/c1-22-14-7-11(17)12(18)8-15(14)23(20,21)19-5-4-9-6-10(16)2-3-13(9)19/h2-8H,18H2,1H3. The highest BCUT2D eigenvalue weighted by atomic mass is 32.2. The summed E-state index contributed by atoms with van der Waals surface area (Å²) in [6, 6.07) is 7.10. The Hall–Kier alpha value is -2.61. The Balaban J connectivity index is 2.28. The molecule has 1 aromatic heterocycles. The number of methoxy groups -OCH3 is 1. The van der Waals surface area contributed by atoms with Crippen LogP contribution < -0.4 is 10.5 Å². The molecule has 0 aliphatic carbocycles. The van der Waals surface area contributed by atoms with Crippen molar-refractivity contribution in [3.05, 3.63) is 54.2 Å². The number of anilines is 1. The topological polar surface area (TPSA) is 74.3 Å². The predicted octanol–water partition coefficient (Wildman–Crippen LogP) is 2.75. The largest absolute Gasteiger partial charge is 0.495 e. The molecule has 120 valence electrons. The van der Waals surface area contributed by atoms with Crippen molar-refractivity contribution in [1.29, 1.82) is 0 Å². The smallest absolute Gasteiger partial charge is 0.271 e. The van der Waals surface area contributed by atoms with Crippen molar-refractivity contribution in [3.8, 4) is 5.75 Å². The van der Waals surface area contributed by atoms with Crippen molar-refractivity contribution in [2.24, 2.45) is 0 Å². The molecule has 0 unspecified atom stereocenters. The van der Waals surface area contributed by atoms with Gasteiger partial charge in [0, 0.05) is 17.6 Å². The second kappa shape index (κ2) is 5.24. The third kappa shape index (κ3) is 2.40. The number of nitrogens with two attached hydrogens (primary N) is 1. The molecule has 0 aliphatic heterocycles. The molecular weight excluding hydrogens is 326 g/mol. The molecule has 23 heavy (non-hydrogen) atoms. The van der Waals surface area contributed by atoms with Crippen LogP contribution >= 0.6 is 0 Å². The number of benzene rings is 2. The lowest BCUT2D eigenvalue weighted by Gasteiger charge is -2.12. The van der Waals surface area contributed by atoms with Crippen LogP contribution in [0.3, 0.4) is 0 Å². The van der Waals surface area contributed by atoms with Crippen molar-refractivity contribution >= 4 is 26.6 Å². The number of nitrogen functional groups attached to an aromatic ring is 1. The van der Waals surface area contributed by atoms with Crippen molar-refractivity contribution in [2.75, 3.05) is 12.8 Å². The minimum Gasteiger partial charge on any atom is -0.495 e. The van der Waals surface area contributed by atoms with E-state index in [4.69, 9.17) is 10.5 Å². The van der Waals surface area contributed by atoms with Gasteiger partial charge < -0.3 is 10.5 Å². The summed E-state index contributed by atoms with van der Waals surface area (Å²) in [5, 5.41) is 0.419. The van der Waals surface area contributed by atoms with Gasteiger partial charge in [-0.1, -0.05) is 0 Å². The summed E-state index contributed by atoms with van der Waals surface area (Å²) in [7, 11) is -2.87. The first kappa shape index (κ1) is 15.3. The Morgan fingerprint density at radius 1 is 1.13 bits per heavy atom. The van der Waals surface area contributed by atoms with Crippen LogP contribution in [-0.2, 0) is 10.0 Å². The SMILES string of the molecule is COc1cc(F)c(N)cc1S(=O)(=O)n1ccc2cc(F)ccc21. The molecular formula is C15H12F2N2O3S. The Morgan fingerprint density at radius 3 is 2.57 bits per heavy atom. The van der Waals surface area contributed by atoms with Crippen LogP contribution in [0.5, 0.6) is 5.75 Å². The van der Waals surface area contributed by atoms with E-state index >= 15 is 0 Å². The van der Waals surface area contributed by atoms with E-state index in [2.05, 4.69) is 0 Å². The average molecular weight is 338 g/mol. The van der Waals surface area contributed by atoms with Gasteiger partial charge in [-0.2, -0.15) is 0 Å². The van der Waals surface area contributed by atoms with Crippen molar-refractivity contribution in [2.45, 2.75) is 4.90 Å². The van der Waals surface area contributed by atoms with Gasteiger partial charge in [0.1, 0.15) is 22.3 Å². The van der Waals surface area contributed by atoms with Crippen molar-refractivity contribution < 1.29 is 21.9 Å². The summed E-state index contributed by atoms with van der Waals surface area (Å²) in [5.74, 6) is -1.42. The molecule has 0 spiro atoms. The highest BCUT2D eigenvalue weighted by Gasteiger charge is 2.25. The van der Waals surface area contributed by atoms with E-state index in [0.29, 0.717) is 5.39 Å². The van der Waals surface area contributed by atoms with Gasteiger partial charge in [-0.25, -0.2) is 21.2 Å². The first-order chi connectivity index (χ1) is 10.8. The van der Waals surface area contributed by atoms with Gasteiger partial charge >= 0.3 is 0 Å². The monoisotopic (exact) mass is 338 g/mol. The zero-order valence-electron chi connectivity index (χ0n) is 12.0. The minimum atomic E-state index is -4.09. The van der Waals surface area contributed by atoms with Crippen molar-refractivity contribution in [1.82, 2.24) is 3.97 Å². The van der Waals surface area contributed by atoms with E-state index < -0.39 is 21.7 Å². The van der Waals surface area contributed by atoms with E-state index in [9.17, 15) is 17.2 Å². The third-order valence-corrected chi connectivity index (χ3v) is 5.15. The minimum absolute atomic E-state index is 0.166. The maximum Gasteiger partial charge on any atom is 0.271 e. The number of fused-ring (bicyclic) bond motifs is 1. The molecule has 2 N–H and O–H groups in total. The van der Waals surface area contributed by atoms with E-state index in [1.807, 2.05) is 0 Å². The van der Waals surface area contributed by atoms with Gasteiger partial charge in [0.15, 0.2) is 0 Å². The maximum atomic E-state index is 13.5. The number of aromatic nitrogens is 1. The third-order valence-electron chi connectivity index (χ3n) is 3.44. The molecule has 0 saturated carbocycles. The number of nitrogens with zero attached hydrogens (tertiary/aromatic N) is 1. The second-order valence-corrected chi connectivity index (χ2v) is 6.63. The Kier molecular flexibility index (Phi) is 3.48. The van der Waals surface area contributed by atoms with Gasteiger partial charge in [-0.05, 0) is 30.3 Å². The summed E-state index contributed by atoms with van der Waals surface area (Å²) >= 11 is 0. The summed E-state index contributed by atoms with van der Waals surface area (Å²) in [5.41, 5.74) is 5.45. The molecule has 2 aromatic carbocycles. The van der Waals surface area contributed by atoms with Crippen LogP contribution in [0, 0.1) is 11.6 Å². The number of halogens is 2. The number of hydrogen-bond acceptors (Lipinski definition) is 4. The summed E-state index contributed by atoms with van der Waals surface area (Å²) in [6.07, 6.45) is 1.29. The van der Waals surface area contributed by atoms with Crippen molar-refractivity contribution in [3.63, 3.8) is 0 Å².